The van der Waals surface area contributed by atoms with Crippen LogP contribution in [0.5, 0.6) is 5.88 Å². The maximum absolute atomic E-state index is 8.63. The van der Waals surface area contributed by atoms with Crippen molar-refractivity contribution >= 4 is 5.84 Å². The Hall–Kier alpha value is -1.89. The van der Waals surface area contributed by atoms with E-state index in [1.807, 2.05) is 0 Å². The largest absolute Gasteiger partial charge is 0.475 e. The van der Waals surface area contributed by atoms with Gasteiger partial charge in [-0.3, -0.25) is 0 Å². The average Bonchev–Trinajstić information content (AvgIpc) is 2.43. The van der Waals surface area contributed by atoms with Crippen molar-refractivity contribution in [2.45, 2.75) is 13.8 Å². The van der Waals surface area contributed by atoms with Crippen LogP contribution in [0.4, 0.5) is 0 Å². The number of rotatable bonds is 7. The van der Waals surface area contributed by atoms with Crippen molar-refractivity contribution in [1.82, 2.24) is 14.9 Å². The molecule has 100 valence electrons. The Morgan fingerprint density at radius 2 is 2.06 bits per heavy atom. The first kappa shape index (κ1) is 14.2. The third-order valence-corrected chi connectivity index (χ3v) is 2.56. The predicted molar refractivity (Wildman–Crippen MR) is 67.8 cm³/mol. The monoisotopic (exact) mass is 253 g/mol. The van der Waals surface area contributed by atoms with Gasteiger partial charge >= 0.3 is 0 Å². The first-order chi connectivity index (χ1) is 8.72. The smallest absolute Gasteiger partial charge is 0.244 e. The molecule has 0 bridgehead atoms. The lowest BCUT2D eigenvalue weighted by Crippen LogP contribution is -2.28. The van der Waals surface area contributed by atoms with E-state index in [2.05, 4.69) is 33.9 Å². The Bertz CT molecular complexity index is 393. The predicted octanol–water partition coefficient (Wildman–Crippen LogP) is 0.292. The van der Waals surface area contributed by atoms with Crippen LogP contribution in [0.3, 0.4) is 0 Å². The number of aromatic nitrogens is 2. The Kier molecular flexibility index (Phi) is 5.86. The van der Waals surface area contributed by atoms with Crippen molar-refractivity contribution in [1.29, 1.82) is 0 Å². The zero-order chi connectivity index (χ0) is 13.4. The van der Waals surface area contributed by atoms with E-state index >= 15 is 0 Å². The molecule has 18 heavy (non-hydrogen) atoms. The fourth-order valence-corrected chi connectivity index (χ4v) is 1.47. The number of hydrogen-bond acceptors (Lipinski definition) is 6. The normalized spacial score (nSPS) is 11.8. The topological polar surface area (TPSA) is 96.9 Å². The van der Waals surface area contributed by atoms with Gasteiger partial charge in [0.15, 0.2) is 11.5 Å². The summed E-state index contributed by atoms with van der Waals surface area (Å²) in [5, 5.41) is 11.5. The molecule has 0 atom stereocenters. The molecule has 0 aromatic carbocycles. The lowest BCUT2D eigenvalue weighted by Gasteiger charge is -2.18. The molecule has 0 aliphatic carbocycles. The molecule has 0 saturated carbocycles. The van der Waals surface area contributed by atoms with Crippen LogP contribution in [0.25, 0.3) is 0 Å². The third kappa shape index (κ3) is 3.85. The Balaban J connectivity index is 2.62. The highest BCUT2D eigenvalue weighted by Gasteiger charge is 2.11. The van der Waals surface area contributed by atoms with E-state index in [0.717, 1.165) is 19.6 Å². The van der Waals surface area contributed by atoms with E-state index < -0.39 is 0 Å². The molecule has 1 heterocycles. The second-order valence-corrected chi connectivity index (χ2v) is 3.57. The van der Waals surface area contributed by atoms with Crippen molar-refractivity contribution in [2.75, 3.05) is 26.2 Å². The summed E-state index contributed by atoms with van der Waals surface area (Å²) in [6, 6.07) is 0. The summed E-state index contributed by atoms with van der Waals surface area (Å²) in [7, 11) is 0. The van der Waals surface area contributed by atoms with E-state index in [0.29, 0.717) is 6.61 Å². The molecule has 0 unspecified atom stereocenters. The zero-order valence-electron chi connectivity index (χ0n) is 10.7. The van der Waals surface area contributed by atoms with Gasteiger partial charge in [-0.15, -0.1) is 0 Å². The summed E-state index contributed by atoms with van der Waals surface area (Å²) >= 11 is 0. The lowest BCUT2D eigenvalue weighted by atomic mass is 10.4. The molecular weight excluding hydrogens is 234 g/mol. The summed E-state index contributed by atoms with van der Waals surface area (Å²) in [6.07, 6.45) is 2.96. The number of likely N-dealkylation sites (N-methyl/N-ethyl adjacent to an activating group) is 1. The Morgan fingerprint density at radius 3 is 2.67 bits per heavy atom. The number of ether oxygens (including phenoxy) is 1. The van der Waals surface area contributed by atoms with E-state index in [4.69, 9.17) is 15.7 Å². The number of nitrogens with two attached hydrogens (primary N) is 1. The summed E-state index contributed by atoms with van der Waals surface area (Å²) in [5.41, 5.74) is 5.74. The SMILES string of the molecule is CCN(CC)CCOc1nccnc1/C(N)=N/O. The summed E-state index contributed by atoms with van der Waals surface area (Å²) in [6.45, 7) is 7.38. The minimum absolute atomic E-state index is 0.110. The van der Waals surface area contributed by atoms with Crippen molar-refractivity contribution in [3.05, 3.63) is 18.1 Å². The van der Waals surface area contributed by atoms with Crippen molar-refractivity contribution in [2.24, 2.45) is 10.9 Å². The standard InChI is InChI=1S/C11H19N5O2/c1-3-16(4-2)7-8-18-11-9(10(12)15-17)13-5-6-14-11/h5-6,17H,3-4,7-8H2,1-2H3,(H2,12,15). The molecule has 1 aromatic heterocycles. The second kappa shape index (κ2) is 7.44. The highest BCUT2D eigenvalue weighted by atomic mass is 16.5. The van der Waals surface area contributed by atoms with Crippen molar-refractivity contribution in [3.63, 3.8) is 0 Å². The van der Waals surface area contributed by atoms with E-state index in [-0.39, 0.29) is 17.4 Å². The van der Waals surface area contributed by atoms with Gasteiger partial charge in [0.05, 0.1) is 0 Å². The fourth-order valence-electron chi connectivity index (χ4n) is 1.47. The van der Waals surface area contributed by atoms with Gasteiger partial charge in [-0.1, -0.05) is 19.0 Å². The van der Waals surface area contributed by atoms with Crippen LogP contribution < -0.4 is 10.5 Å². The summed E-state index contributed by atoms with van der Waals surface area (Å²) < 4.78 is 5.51. The lowest BCUT2D eigenvalue weighted by molar-refractivity contribution is 0.217. The maximum Gasteiger partial charge on any atom is 0.244 e. The number of oxime groups is 1. The minimum atomic E-state index is -0.110. The molecule has 0 spiro atoms. The number of amidine groups is 1. The molecule has 1 rings (SSSR count). The molecule has 0 aliphatic rings. The summed E-state index contributed by atoms with van der Waals surface area (Å²) in [4.78, 5) is 10.2. The molecule has 0 fully saturated rings. The van der Waals surface area contributed by atoms with Crippen LogP contribution >= 0.6 is 0 Å². The molecule has 1 aromatic rings. The number of nitrogens with zero attached hydrogens (tertiary/aromatic N) is 4. The molecule has 0 saturated heterocycles. The molecule has 7 nitrogen and oxygen atoms in total. The average molecular weight is 253 g/mol. The molecule has 0 amide bonds. The van der Waals surface area contributed by atoms with Crippen LogP contribution in [0.2, 0.25) is 0 Å². The van der Waals surface area contributed by atoms with Gasteiger partial charge in [-0.2, -0.15) is 0 Å². The Morgan fingerprint density at radius 1 is 1.39 bits per heavy atom. The van der Waals surface area contributed by atoms with Gasteiger partial charge < -0.3 is 20.6 Å². The quantitative estimate of drug-likeness (QED) is 0.314. The molecule has 3 N–H and O–H groups in total. The van der Waals surface area contributed by atoms with E-state index in [9.17, 15) is 0 Å². The molecular formula is C11H19N5O2. The maximum atomic E-state index is 8.63. The second-order valence-electron chi connectivity index (χ2n) is 3.57. The van der Waals surface area contributed by atoms with Gasteiger partial charge in [-0.05, 0) is 13.1 Å². The molecule has 0 radical (unpaired) electrons. The van der Waals surface area contributed by atoms with E-state index in [1.165, 1.54) is 12.4 Å². The minimum Gasteiger partial charge on any atom is -0.475 e. The van der Waals surface area contributed by atoms with Crippen LogP contribution in [0, 0.1) is 0 Å². The van der Waals surface area contributed by atoms with Crippen LogP contribution in [-0.4, -0.2) is 52.2 Å². The van der Waals surface area contributed by atoms with Gasteiger partial charge in [0.1, 0.15) is 6.61 Å². The molecule has 0 aliphatic heterocycles. The van der Waals surface area contributed by atoms with Crippen LogP contribution in [0.1, 0.15) is 19.5 Å². The fraction of sp³-hybridized carbons (Fsp3) is 0.545. The van der Waals surface area contributed by atoms with Crippen LogP contribution in [-0.2, 0) is 0 Å². The van der Waals surface area contributed by atoms with Crippen molar-refractivity contribution < 1.29 is 9.94 Å². The first-order valence-corrected chi connectivity index (χ1v) is 5.86. The highest BCUT2D eigenvalue weighted by Crippen LogP contribution is 2.10. The first-order valence-electron chi connectivity index (χ1n) is 5.86. The Labute approximate surface area is 106 Å². The summed E-state index contributed by atoms with van der Waals surface area (Å²) in [5.74, 6) is 0.167. The third-order valence-electron chi connectivity index (χ3n) is 2.56. The van der Waals surface area contributed by atoms with Crippen molar-refractivity contribution in [3.8, 4) is 5.88 Å². The van der Waals surface area contributed by atoms with Gasteiger partial charge in [0.25, 0.3) is 0 Å². The van der Waals surface area contributed by atoms with Gasteiger partial charge in [0, 0.05) is 18.9 Å². The van der Waals surface area contributed by atoms with Crippen LogP contribution in [0.15, 0.2) is 17.5 Å². The highest BCUT2D eigenvalue weighted by molar-refractivity contribution is 5.97. The van der Waals surface area contributed by atoms with E-state index in [1.54, 1.807) is 0 Å². The number of hydrogen-bond donors (Lipinski definition) is 2. The van der Waals surface area contributed by atoms with Gasteiger partial charge in [0.2, 0.25) is 5.88 Å². The van der Waals surface area contributed by atoms with Gasteiger partial charge in [-0.25, -0.2) is 9.97 Å². The zero-order valence-corrected chi connectivity index (χ0v) is 10.7. The molecule has 7 heteroatoms.